The highest BCUT2D eigenvalue weighted by Crippen LogP contribution is 2.17. The van der Waals surface area contributed by atoms with E-state index >= 15 is 0 Å². The van der Waals surface area contributed by atoms with Gasteiger partial charge in [-0.1, -0.05) is 208 Å². The maximum atomic E-state index is 12.7. The van der Waals surface area contributed by atoms with Crippen LogP contribution in [0.1, 0.15) is 247 Å². The number of carbonyl (C=O) groups is 3. The summed E-state index contributed by atoms with van der Waals surface area (Å²) in [6, 6.07) is 0. The molecule has 53 heavy (non-hydrogen) atoms. The summed E-state index contributed by atoms with van der Waals surface area (Å²) in [5.41, 5.74) is 0. The van der Waals surface area contributed by atoms with Gasteiger partial charge in [-0.25, -0.2) is 0 Å². The first-order chi connectivity index (χ1) is 25.6. The molecule has 0 saturated carbocycles. The number of carbonyl (C=O) groups excluding carboxylic acids is 3. The van der Waals surface area contributed by atoms with Crippen LogP contribution in [0.3, 0.4) is 0 Å². The summed E-state index contributed by atoms with van der Waals surface area (Å²) in [4.78, 5) is 37.7. The molecule has 6 heteroatoms. The molecule has 0 aliphatic carbocycles. The average Bonchev–Trinajstić information content (AvgIpc) is 3.12. The molecule has 1 unspecified atom stereocenters. The molecule has 0 radical (unpaired) electrons. The van der Waals surface area contributed by atoms with Gasteiger partial charge in [0.25, 0.3) is 0 Å². The Bertz CT molecular complexity index is 824. The Morgan fingerprint density at radius 2 is 0.660 bits per heavy atom. The Balaban J connectivity index is 4.35. The van der Waals surface area contributed by atoms with Crippen LogP contribution >= 0.6 is 0 Å². The summed E-state index contributed by atoms with van der Waals surface area (Å²) < 4.78 is 16.7. The van der Waals surface area contributed by atoms with Gasteiger partial charge in [0.1, 0.15) is 13.2 Å². The minimum Gasteiger partial charge on any atom is -0.462 e. The molecule has 0 heterocycles. The molecule has 0 saturated heterocycles. The highest BCUT2D eigenvalue weighted by atomic mass is 16.6. The molecule has 0 aliphatic heterocycles. The molecule has 0 aromatic rings. The van der Waals surface area contributed by atoms with Crippen LogP contribution in [0, 0.1) is 17.8 Å². The summed E-state index contributed by atoms with van der Waals surface area (Å²) in [6.45, 7) is 13.6. The Kier molecular flexibility index (Phi) is 37.5. The molecule has 0 N–H and O–H groups in total. The molecule has 0 spiro atoms. The molecular formula is C47H90O6. The summed E-state index contributed by atoms with van der Waals surface area (Å²) in [6.07, 6.45) is 35.2. The molecule has 0 aliphatic rings. The van der Waals surface area contributed by atoms with Gasteiger partial charge >= 0.3 is 17.9 Å². The van der Waals surface area contributed by atoms with E-state index in [1.54, 1.807) is 0 Å². The van der Waals surface area contributed by atoms with Crippen molar-refractivity contribution in [2.24, 2.45) is 17.8 Å². The number of ether oxygens (including phenoxy) is 3. The fraction of sp³-hybridized carbons (Fsp3) is 0.936. The molecule has 2 atom stereocenters. The van der Waals surface area contributed by atoms with Crippen molar-refractivity contribution in [2.45, 2.75) is 253 Å². The molecule has 0 rings (SSSR count). The molecule has 0 amide bonds. The summed E-state index contributed by atoms with van der Waals surface area (Å²) in [5, 5.41) is 0. The molecule has 0 aromatic carbocycles. The van der Waals surface area contributed by atoms with Gasteiger partial charge < -0.3 is 14.2 Å². The van der Waals surface area contributed by atoms with E-state index in [4.69, 9.17) is 14.2 Å². The monoisotopic (exact) mass is 751 g/mol. The Morgan fingerprint density at radius 3 is 0.981 bits per heavy atom. The van der Waals surface area contributed by atoms with Gasteiger partial charge in [-0.15, -0.1) is 0 Å². The van der Waals surface area contributed by atoms with Crippen LogP contribution in [0.15, 0.2) is 0 Å². The van der Waals surface area contributed by atoms with Gasteiger partial charge in [-0.2, -0.15) is 0 Å². The maximum absolute atomic E-state index is 12.7. The first kappa shape index (κ1) is 51.4. The average molecular weight is 751 g/mol. The second kappa shape index (κ2) is 38.7. The second-order valence-corrected chi connectivity index (χ2v) is 17.2. The highest BCUT2D eigenvalue weighted by Gasteiger charge is 2.19. The van der Waals surface area contributed by atoms with Crippen LogP contribution in [0.2, 0.25) is 0 Å². The topological polar surface area (TPSA) is 78.9 Å². The molecular weight excluding hydrogens is 661 g/mol. The second-order valence-electron chi connectivity index (χ2n) is 17.2. The standard InChI is InChI=1S/C47H90O6/c1-7-43(6)35-29-23-17-10-8-9-11-19-26-32-38-47(50)53-44(40-52-46(49)37-31-25-20-14-16-22-28-34-42(4)5)39-51-45(48)36-30-24-18-13-12-15-21-27-33-41(2)3/h41-44H,7-40H2,1-6H3/t43?,44-/m1/s1. The van der Waals surface area contributed by atoms with Gasteiger partial charge in [-0.3, -0.25) is 14.4 Å². The van der Waals surface area contributed by atoms with Crippen LogP contribution < -0.4 is 0 Å². The molecule has 314 valence electrons. The van der Waals surface area contributed by atoms with Crippen LogP contribution in [-0.4, -0.2) is 37.2 Å². The molecule has 0 bridgehead atoms. The van der Waals surface area contributed by atoms with Crippen molar-refractivity contribution in [1.82, 2.24) is 0 Å². The highest BCUT2D eigenvalue weighted by molar-refractivity contribution is 5.71. The normalized spacial score (nSPS) is 12.7. The van der Waals surface area contributed by atoms with Crippen molar-refractivity contribution in [2.75, 3.05) is 13.2 Å². The smallest absolute Gasteiger partial charge is 0.306 e. The minimum absolute atomic E-state index is 0.0668. The summed E-state index contributed by atoms with van der Waals surface area (Å²) in [7, 11) is 0. The predicted octanol–water partition coefficient (Wildman–Crippen LogP) is 14.4. The Hall–Kier alpha value is -1.59. The fourth-order valence-electron chi connectivity index (χ4n) is 6.85. The number of hydrogen-bond donors (Lipinski definition) is 0. The van der Waals surface area contributed by atoms with E-state index in [1.165, 1.54) is 128 Å². The zero-order chi connectivity index (χ0) is 39.2. The molecule has 6 nitrogen and oxygen atoms in total. The van der Waals surface area contributed by atoms with E-state index in [0.717, 1.165) is 75.5 Å². The first-order valence-electron chi connectivity index (χ1n) is 23.1. The van der Waals surface area contributed by atoms with Crippen LogP contribution in [0.25, 0.3) is 0 Å². The van der Waals surface area contributed by atoms with E-state index in [-0.39, 0.29) is 31.1 Å². The van der Waals surface area contributed by atoms with Crippen LogP contribution in [0.5, 0.6) is 0 Å². The molecule has 0 aromatic heterocycles. The summed E-state index contributed by atoms with van der Waals surface area (Å²) >= 11 is 0. The van der Waals surface area contributed by atoms with E-state index < -0.39 is 6.10 Å². The van der Waals surface area contributed by atoms with Crippen molar-refractivity contribution >= 4 is 17.9 Å². The van der Waals surface area contributed by atoms with Gasteiger partial charge in [-0.05, 0) is 37.0 Å². The number of unbranched alkanes of at least 4 members (excludes halogenated alkanes) is 22. The maximum Gasteiger partial charge on any atom is 0.306 e. The Morgan fingerprint density at radius 1 is 0.377 bits per heavy atom. The number of rotatable bonds is 40. The third-order valence-corrected chi connectivity index (χ3v) is 10.8. The van der Waals surface area contributed by atoms with E-state index in [0.29, 0.717) is 19.3 Å². The lowest BCUT2D eigenvalue weighted by atomic mass is 9.99. The van der Waals surface area contributed by atoms with Gasteiger partial charge in [0.05, 0.1) is 0 Å². The van der Waals surface area contributed by atoms with Crippen LogP contribution in [0.4, 0.5) is 0 Å². The lowest BCUT2D eigenvalue weighted by Gasteiger charge is -2.18. The van der Waals surface area contributed by atoms with Crippen molar-refractivity contribution in [1.29, 1.82) is 0 Å². The predicted molar refractivity (Wildman–Crippen MR) is 224 cm³/mol. The van der Waals surface area contributed by atoms with Crippen molar-refractivity contribution in [3.05, 3.63) is 0 Å². The molecule has 0 fully saturated rings. The number of hydrogen-bond acceptors (Lipinski definition) is 6. The SMILES string of the molecule is CCC(C)CCCCCCCCCCCCC(=O)O[C@H](COC(=O)CCCCCCCCCCC(C)C)COC(=O)CCCCCCCCCC(C)C. The van der Waals surface area contributed by atoms with Crippen molar-refractivity contribution in [3.8, 4) is 0 Å². The van der Waals surface area contributed by atoms with E-state index in [2.05, 4.69) is 41.5 Å². The lowest BCUT2D eigenvalue weighted by Crippen LogP contribution is -2.30. The van der Waals surface area contributed by atoms with Gasteiger partial charge in [0, 0.05) is 19.3 Å². The minimum atomic E-state index is -0.762. The van der Waals surface area contributed by atoms with E-state index in [9.17, 15) is 14.4 Å². The summed E-state index contributed by atoms with van der Waals surface area (Å²) in [5.74, 6) is 1.58. The fourth-order valence-corrected chi connectivity index (χ4v) is 6.85. The quantitative estimate of drug-likeness (QED) is 0.0352. The van der Waals surface area contributed by atoms with Crippen molar-refractivity contribution < 1.29 is 28.6 Å². The largest absolute Gasteiger partial charge is 0.462 e. The third-order valence-electron chi connectivity index (χ3n) is 10.8. The van der Waals surface area contributed by atoms with Gasteiger partial charge in [0.15, 0.2) is 6.10 Å². The van der Waals surface area contributed by atoms with E-state index in [1.807, 2.05) is 0 Å². The Labute approximate surface area is 329 Å². The zero-order valence-corrected chi connectivity index (χ0v) is 36.3. The zero-order valence-electron chi connectivity index (χ0n) is 36.3. The first-order valence-corrected chi connectivity index (χ1v) is 23.1. The lowest BCUT2D eigenvalue weighted by molar-refractivity contribution is -0.167. The van der Waals surface area contributed by atoms with Crippen molar-refractivity contribution in [3.63, 3.8) is 0 Å². The van der Waals surface area contributed by atoms with Gasteiger partial charge in [0.2, 0.25) is 0 Å². The number of esters is 3. The third kappa shape index (κ3) is 39.9. The van der Waals surface area contributed by atoms with Crippen LogP contribution in [-0.2, 0) is 28.6 Å².